The number of nitrogens with one attached hydrogen (secondary N) is 2. The van der Waals surface area contributed by atoms with Crippen molar-refractivity contribution in [1.29, 1.82) is 5.26 Å². The van der Waals surface area contributed by atoms with Crippen molar-refractivity contribution in [1.82, 2.24) is 0 Å². The minimum absolute atomic E-state index is 0.0602. The first-order valence-corrected chi connectivity index (χ1v) is 6.35. The number of fused-ring (bicyclic) bond motifs is 1. The van der Waals surface area contributed by atoms with E-state index in [1.54, 1.807) is 24.3 Å². The fourth-order valence-corrected chi connectivity index (χ4v) is 2.33. The van der Waals surface area contributed by atoms with E-state index < -0.39 is 6.04 Å². The number of nitriles is 1. The van der Waals surface area contributed by atoms with Crippen molar-refractivity contribution in [2.45, 2.75) is 13.0 Å². The second-order valence-electron chi connectivity index (χ2n) is 4.85. The standard InChI is InChI=1S/C16H13N3O/c1-10-2-7-14-13(8-10)15(16(20)19-14)18-12-5-3-11(9-17)4-6-12/h2-8,15,18H,1H3,(H,19,20). The van der Waals surface area contributed by atoms with Crippen LogP contribution in [0.1, 0.15) is 22.7 Å². The van der Waals surface area contributed by atoms with Crippen LogP contribution in [0.25, 0.3) is 0 Å². The first-order chi connectivity index (χ1) is 9.67. The summed E-state index contributed by atoms with van der Waals surface area (Å²) in [6, 6.07) is 14.7. The molecule has 2 aromatic rings. The summed E-state index contributed by atoms with van der Waals surface area (Å²) in [5.74, 6) is -0.0602. The van der Waals surface area contributed by atoms with Gasteiger partial charge >= 0.3 is 0 Å². The number of anilines is 2. The molecular formula is C16H13N3O. The Hall–Kier alpha value is -2.80. The molecule has 1 atom stereocenters. The third kappa shape index (κ3) is 2.10. The van der Waals surface area contributed by atoms with Crippen molar-refractivity contribution in [3.8, 4) is 6.07 Å². The van der Waals surface area contributed by atoms with Crippen molar-refractivity contribution in [3.63, 3.8) is 0 Å². The normalized spacial score (nSPS) is 16.2. The molecule has 0 aliphatic carbocycles. The molecular weight excluding hydrogens is 250 g/mol. The Morgan fingerprint density at radius 1 is 1.20 bits per heavy atom. The van der Waals surface area contributed by atoms with Gasteiger partial charge in [0.2, 0.25) is 0 Å². The predicted octanol–water partition coefficient (Wildman–Crippen LogP) is 2.97. The first kappa shape index (κ1) is 12.2. The number of hydrogen-bond acceptors (Lipinski definition) is 3. The molecule has 2 N–H and O–H groups in total. The van der Waals surface area contributed by atoms with Crippen LogP contribution in [0.5, 0.6) is 0 Å². The number of nitrogens with zero attached hydrogens (tertiary/aromatic N) is 1. The van der Waals surface area contributed by atoms with Gasteiger partial charge < -0.3 is 10.6 Å². The monoisotopic (exact) mass is 263 g/mol. The maximum Gasteiger partial charge on any atom is 0.251 e. The van der Waals surface area contributed by atoms with Gasteiger partial charge in [0.1, 0.15) is 6.04 Å². The van der Waals surface area contributed by atoms with Crippen LogP contribution in [0.3, 0.4) is 0 Å². The van der Waals surface area contributed by atoms with Gasteiger partial charge in [-0.25, -0.2) is 0 Å². The van der Waals surface area contributed by atoms with Gasteiger partial charge in [0.05, 0.1) is 11.6 Å². The summed E-state index contributed by atoms with van der Waals surface area (Å²) < 4.78 is 0. The zero-order chi connectivity index (χ0) is 14.1. The Morgan fingerprint density at radius 3 is 2.65 bits per heavy atom. The maximum absolute atomic E-state index is 12.0. The number of benzene rings is 2. The summed E-state index contributed by atoms with van der Waals surface area (Å²) in [6.07, 6.45) is 0. The number of carbonyl (C=O) groups excluding carboxylic acids is 1. The van der Waals surface area contributed by atoms with Crippen LogP contribution in [-0.2, 0) is 4.79 Å². The maximum atomic E-state index is 12.0. The molecule has 1 unspecified atom stereocenters. The Balaban J connectivity index is 1.89. The summed E-state index contributed by atoms with van der Waals surface area (Å²) in [4.78, 5) is 12.0. The van der Waals surface area contributed by atoms with E-state index in [9.17, 15) is 4.79 Å². The molecule has 0 radical (unpaired) electrons. The molecule has 3 rings (SSSR count). The molecule has 20 heavy (non-hydrogen) atoms. The van der Waals surface area contributed by atoms with Crippen LogP contribution in [0, 0.1) is 18.3 Å². The lowest BCUT2D eigenvalue weighted by atomic mass is 10.0. The summed E-state index contributed by atoms with van der Waals surface area (Å²) in [7, 11) is 0. The molecule has 4 heteroatoms. The van der Waals surface area contributed by atoms with Gasteiger partial charge in [-0.1, -0.05) is 17.7 Å². The number of rotatable bonds is 2. The molecule has 1 aliphatic rings. The van der Waals surface area contributed by atoms with Gasteiger partial charge in [-0.15, -0.1) is 0 Å². The molecule has 98 valence electrons. The van der Waals surface area contributed by atoms with E-state index in [1.165, 1.54) is 0 Å². The number of carbonyl (C=O) groups is 1. The highest BCUT2D eigenvalue weighted by Crippen LogP contribution is 2.33. The third-order valence-electron chi connectivity index (χ3n) is 3.36. The molecule has 0 spiro atoms. The van der Waals surface area contributed by atoms with E-state index in [-0.39, 0.29) is 5.91 Å². The zero-order valence-corrected chi connectivity index (χ0v) is 11.0. The van der Waals surface area contributed by atoms with E-state index >= 15 is 0 Å². The van der Waals surface area contributed by atoms with E-state index in [1.807, 2.05) is 25.1 Å². The van der Waals surface area contributed by atoms with E-state index in [4.69, 9.17) is 5.26 Å². The molecule has 4 nitrogen and oxygen atoms in total. The number of aryl methyl sites for hydroxylation is 1. The Bertz CT molecular complexity index is 713. The molecule has 1 aliphatic heterocycles. The van der Waals surface area contributed by atoms with Crippen LogP contribution in [-0.4, -0.2) is 5.91 Å². The number of hydrogen-bond donors (Lipinski definition) is 2. The van der Waals surface area contributed by atoms with Gasteiger partial charge in [0.15, 0.2) is 0 Å². The highest BCUT2D eigenvalue weighted by Gasteiger charge is 2.30. The fourth-order valence-electron chi connectivity index (χ4n) is 2.33. The second kappa shape index (κ2) is 4.71. The molecule has 1 heterocycles. The van der Waals surface area contributed by atoms with Crippen molar-refractivity contribution in [2.75, 3.05) is 10.6 Å². The molecule has 0 aromatic heterocycles. The largest absolute Gasteiger partial charge is 0.370 e. The van der Waals surface area contributed by atoms with Crippen molar-refractivity contribution >= 4 is 17.3 Å². The zero-order valence-electron chi connectivity index (χ0n) is 11.0. The van der Waals surface area contributed by atoms with Gasteiger partial charge in [-0.2, -0.15) is 5.26 Å². The lowest BCUT2D eigenvalue weighted by Crippen LogP contribution is -2.19. The minimum atomic E-state index is -0.391. The Labute approximate surface area is 117 Å². The van der Waals surface area contributed by atoms with Crippen molar-refractivity contribution in [3.05, 3.63) is 59.2 Å². The van der Waals surface area contributed by atoms with Crippen LogP contribution in [0.4, 0.5) is 11.4 Å². The minimum Gasteiger partial charge on any atom is -0.370 e. The smallest absolute Gasteiger partial charge is 0.251 e. The van der Waals surface area contributed by atoms with Crippen LogP contribution >= 0.6 is 0 Å². The lowest BCUT2D eigenvalue weighted by Gasteiger charge is -2.13. The molecule has 0 saturated carbocycles. The molecule has 0 bridgehead atoms. The third-order valence-corrected chi connectivity index (χ3v) is 3.36. The topological polar surface area (TPSA) is 64.9 Å². The van der Waals surface area contributed by atoms with Gasteiger partial charge in [0, 0.05) is 16.9 Å². The number of amides is 1. The SMILES string of the molecule is Cc1ccc2c(c1)C(Nc1ccc(C#N)cc1)C(=O)N2. The summed E-state index contributed by atoms with van der Waals surface area (Å²) in [5, 5.41) is 14.8. The average molecular weight is 263 g/mol. The second-order valence-corrected chi connectivity index (χ2v) is 4.85. The quantitative estimate of drug-likeness (QED) is 0.875. The van der Waals surface area contributed by atoms with Gasteiger partial charge in [-0.3, -0.25) is 4.79 Å². The molecule has 0 fully saturated rings. The lowest BCUT2D eigenvalue weighted by molar-refractivity contribution is -0.116. The van der Waals surface area contributed by atoms with Crippen molar-refractivity contribution in [2.24, 2.45) is 0 Å². The summed E-state index contributed by atoms with van der Waals surface area (Å²) in [5.41, 5.74) is 4.35. The average Bonchev–Trinajstić information content (AvgIpc) is 2.76. The van der Waals surface area contributed by atoms with E-state index in [2.05, 4.69) is 16.7 Å². The highest BCUT2D eigenvalue weighted by atomic mass is 16.2. The first-order valence-electron chi connectivity index (χ1n) is 6.35. The van der Waals surface area contributed by atoms with Gasteiger partial charge in [0.25, 0.3) is 5.91 Å². The van der Waals surface area contributed by atoms with Crippen molar-refractivity contribution < 1.29 is 4.79 Å². The molecule has 0 saturated heterocycles. The molecule has 2 aromatic carbocycles. The Kier molecular flexibility index (Phi) is 2.88. The van der Waals surface area contributed by atoms with E-state index in [0.717, 1.165) is 22.5 Å². The highest BCUT2D eigenvalue weighted by molar-refractivity contribution is 6.04. The molecule has 1 amide bonds. The van der Waals surface area contributed by atoms with Crippen LogP contribution in [0.2, 0.25) is 0 Å². The predicted molar refractivity (Wildman–Crippen MR) is 77.3 cm³/mol. The van der Waals surface area contributed by atoms with Crippen LogP contribution < -0.4 is 10.6 Å². The Morgan fingerprint density at radius 2 is 1.95 bits per heavy atom. The fraction of sp³-hybridized carbons (Fsp3) is 0.125. The summed E-state index contributed by atoms with van der Waals surface area (Å²) >= 11 is 0. The van der Waals surface area contributed by atoms with E-state index in [0.29, 0.717) is 5.56 Å². The summed E-state index contributed by atoms with van der Waals surface area (Å²) in [6.45, 7) is 2.00. The van der Waals surface area contributed by atoms with Crippen LogP contribution in [0.15, 0.2) is 42.5 Å². The van der Waals surface area contributed by atoms with Gasteiger partial charge in [-0.05, 0) is 37.3 Å².